The van der Waals surface area contributed by atoms with Gasteiger partial charge in [0.2, 0.25) is 0 Å². The van der Waals surface area contributed by atoms with Gasteiger partial charge in [-0.1, -0.05) is 109 Å². The lowest BCUT2D eigenvalue weighted by Crippen LogP contribution is -2.38. The van der Waals surface area contributed by atoms with Crippen molar-refractivity contribution in [2.75, 3.05) is 6.54 Å². The van der Waals surface area contributed by atoms with E-state index in [1.807, 2.05) is 24.3 Å². The Bertz CT molecular complexity index is 1580. The lowest BCUT2D eigenvalue weighted by Gasteiger charge is -2.35. The molecule has 0 bridgehead atoms. The molecule has 1 fully saturated rings. The largest absolute Gasteiger partial charge is 0.463 e. The van der Waals surface area contributed by atoms with Crippen LogP contribution in [0, 0.1) is 11.7 Å². The number of hydrogen-bond donors (Lipinski definition) is 0. The van der Waals surface area contributed by atoms with Gasteiger partial charge < -0.3 is 4.74 Å². The Morgan fingerprint density at radius 1 is 0.810 bits per heavy atom. The van der Waals surface area contributed by atoms with Crippen LogP contribution in [0.4, 0.5) is 4.39 Å². The minimum atomic E-state index is -0.853. The Labute approximate surface area is 250 Å². The average molecular weight is 574 g/mol. The molecular weight excluding hydrogens is 541 g/mol. The number of hydrogen-bond acceptors (Lipinski definition) is 4. The van der Waals surface area contributed by atoms with E-state index in [0.717, 1.165) is 46.6 Å². The monoisotopic (exact) mass is 573 g/mol. The van der Waals surface area contributed by atoms with E-state index in [4.69, 9.17) is 4.74 Å². The van der Waals surface area contributed by atoms with Gasteiger partial charge in [-0.3, -0.25) is 9.69 Å². The second-order valence-corrected chi connectivity index (χ2v) is 12.3. The van der Waals surface area contributed by atoms with Crippen molar-refractivity contribution in [3.63, 3.8) is 0 Å². The van der Waals surface area contributed by atoms with Crippen molar-refractivity contribution in [2.24, 2.45) is 5.92 Å². The summed E-state index contributed by atoms with van der Waals surface area (Å²) >= 11 is 1.68. The van der Waals surface area contributed by atoms with Gasteiger partial charge in [0.1, 0.15) is 5.82 Å². The summed E-state index contributed by atoms with van der Waals surface area (Å²) in [6, 6.07) is 39.4. The minimum Gasteiger partial charge on any atom is -0.463 e. The molecule has 5 heteroatoms. The molecule has 42 heavy (non-hydrogen) atoms. The normalized spacial score (nSPS) is 16.0. The molecule has 0 amide bonds. The molecule has 1 aliphatic carbocycles. The number of ether oxygens (including phenoxy) is 1. The summed E-state index contributed by atoms with van der Waals surface area (Å²) in [7, 11) is 0. The maximum absolute atomic E-state index is 15.0. The Balaban J connectivity index is 1.27. The van der Waals surface area contributed by atoms with E-state index in [1.54, 1.807) is 23.5 Å². The van der Waals surface area contributed by atoms with E-state index in [2.05, 4.69) is 83.8 Å². The number of halogens is 1. The van der Waals surface area contributed by atoms with Gasteiger partial charge in [0.05, 0.1) is 6.04 Å². The van der Waals surface area contributed by atoms with Crippen LogP contribution in [-0.4, -0.2) is 17.2 Å². The standard InChI is InChI=1S/C37H32FNO2S/c38-32-19-11-10-18-31(32)35(36(40)26-20-21-26)39-23-22-33-27(25-39)24-34(42-33)41-37(28-12-4-1-5-13-28,29-14-6-2-7-15-29)30-16-8-3-9-17-30/h1-19,24,26,35H,20-23,25H2. The number of benzene rings is 4. The topological polar surface area (TPSA) is 29.5 Å². The molecule has 1 saturated carbocycles. The number of rotatable bonds is 9. The summed E-state index contributed by atoms with van der Waals surface area (Å²) in [6.45, 7) is 1.28. The zero-order valence-corrected chi connectivity index (χ0v) is 24.1. The third-order valence-corrected chi connectivity index (χ3v) is 9.60. The highest BCUT2D eigenvalue weighted by molar-refractivity contribution is 7.14. The maximum Gasteiger partial charge on any atom is 0.185 e. The van der Waals surface area contributed by atoms with E-state index < -0.39 is 11.6 Å². The first-order valence-electron chi connectivity index (χ1n) is 14.6. The number of nitrogens with zero attached hydrogens (tertiary/aromatic N) is 1. The number of carbonyl (C=O) groups excluding carboxylic acids is 1. The van der Waals surface area contributed by atoms with E-state index in [-0.39, 0.29) is 17.5 Å². The summed E-state index contributed by atoms with van der Waals surface area (Å²) in [5.41, 5.74) is 3.92. The first-order valence-corrected chi connectivity index (χ1v) is 15.4. The predicted octanol–water partition coefficient (Wildman–Crippen LogP) is 8.34. The van der Waals surface area contributed by atoms with Crippen LogP contribution in [0.15, 0.2) is 121 Å². The van der Waals surface area contributed by atoms with Crippen molar-refractivity contribution in [3.8, 4) is 5.06 Å². The highest BCUT2D eigenvalue weighted by Gasteiger charge is 2.42. The highest BCUT2D eigenvalue weighted by atomic mass is 32.1. The average Bonchev–Trinajstić information content (AvgIpc) is 3.82. The molecule has 0 spiro atoms. The van der Waals surface area contributed by atoms with Gasteiger partial charge in [-0.05, 0) is 37.0 Å². The molecule has 1 atom stereocenters. The Morgan fingerprint density at radius 2 is 1.36 bits per heavy atom. The molecule has 7 rings (SSSR count). The van der Waals surface area contributed by atoms with Gasteiger partial charge in [-0.25, -0.2) is 4.39 Å². The van der Waals surface area contributed by atoms with Gasteiger partial charge in [0, 0.05) is 46.1 Å². The molecule has 3 nitrogen and oxygen atoms in total. The van der Waals surface area contributed by atoms with E-state index in [9.17, 15) is 4.79 Å². The molecule has 0 saturated heterocycles. The predicted molar refractivity (Wildman–Crippen MR) is 165 cm³/mol. The summed E-state index contributed by atoms with van der Waals surface area (Å²) < 4.78 is 22.2. The van der Waals surface area contributed by atoms with E-state index in [1.165, 1.54) is 10.9 Å². The molecule has 2 heterocycles. The molecule has 1 aromatic heterocycles. The summed E-state index contributed by atoms with van der Waals surface area (Å²) in [5.74, 6) is -0.123. The van der Waals surface area contributed by atoms with Gasteiger partial charge in [-0.15, -0.1) is 11.3 Å². The van der Waals surface area contributed by atoms with Crippen molar-refractivity contribution in [3.05, 3.63) is 160 Å². The molecule has 2 aliphatic rings. The maximum atomic E-state index is 15.0. The van der Waals surface area contributed by atoms with Crippen LogP contribution in [0.1, 0.15) is 51.6 Å². The van der Waals surface area contributed by atoms with Crippen molar-refractivity contribution in [1.29, 1.82) is 0 Å². The van der Waals surface area contributed by atoms with Crippen molar-refractivity contribution >= 4 is 17.1 Å². The highest BCUT2D eigenvalue weighted by Crippen LogP contribution is 2.46. The van der Waals surface area contributed by atoms with Gasteiger partial charge in [0.15, 0.2) is 16.4 Å². The second-order valence-electron chi connectivity index (χ2n) is 11.2. The fourth-order valence-electron chi connectivity index (χ4n) is 6.26. The molecule has 0 radical (unpaired) electrons. The summed E-state index contributed by atoms with van der Waals surface area (Å²) in [4.78, 5) is 16.9. The lowest BCUT2D eigenvalue weighted by atomic mass is 9.80. The van der Waals surface area contributed by atoms with Crippen LogP contribution in [0.25, 0.3) is 0 Å². The Morgan fingerprint density at radius 3 is 1.90 bits per heavy atom. The quantitative estimate of drug-likeness (QED) is 0.166. The Kier molecular flexibility index (Phi) is 7.22. The lowest BCUT2D eigenvalue weighted by molar-refractivity contribution is -0.126. The first kappa shape index (κ1) is 26.8. The molecule has 0 N–H and O–H groups in total. The fraction of sp³-hybridized carbons (Fsp3) is 0.216. The zero-order chi connectivity index (χ0) is 28.5. The second kappa shape index (κ2) is 11.3. The third-order valence-electron chi connectivity index (χ3n) is 8.48. The first-order chi connectivity index (χ1) is 20.6. The number of ketones is 1. The van der Waals surface area contributed by atoms with Crippen molar-refractivity contribution in [2.45, 2.75) is 37.5 Å². The van der Waals surface area contributed by atoms with Crippen LogP contribution in [-0.2, 0) is 23.4 Å². The van der Waals surface area contributed by atoms with Crippen LogP contribution >= 0.6 is 11.3 Å². The van der Waals surface area contributed by atoms with Crippen LogP contribution < -0.4 is 4.74 Å². The minimum absolute atomic E-state index is 0.0422. The van der Waals surface area contributed by atoms with E-state index in [0.29, 0.717) is 18.7 Å². The molecule has 1 unspecified atom stereocenters. The molecule has 1 aliphatic heterocycles. The van der Waals surface area contributed by atoms with Gasteiger partial charge >= 0.3 is 0 Å². The Hall–Kier alpha value is -4.06. The van der Waals surface area contributed by atoms with Gasteiger partial charge in [0.25, 0.3) is 0 Å². The van der Waals surface area contributed by atoms with E-state index >= 15 is 4.39 Å². The van der Waals surface area contributed by atoms with Crippen molar-refractivity contribution < 1.29 is 13.9 Å². The molecular formula is C37H32FNO2S. The van der Waals surface area contributed by atoms with Gasteiger partial charge in [-0.2, -0.15) is 0 Å². The summed E-state index contributed by atoms with van der Waals surface area (Å²) in [5, 5.41) is 0.828. The number of thiophene rings is 1. The molecule has 5 aromatic rings. The number of carbonyl (C=O) groups is 1. The third kappa shape index (κ3) is 4.97. The molecule has 4 aromatic carbocycles. The molecule has 210 valence electrons. The smallest absolute Gasteiger partial charge is 0.185 e. The van der Waals surface area contributed by atoms with Crippen LogP contribution in [0.2, 0.25) is 0 Å². The SMILES string of the molecule is O=C(C1CC1)C(c1ccccc1F)N1CCc2sc(OC(c3ccccc3)(c3ccccc3)c3ccccc3)cc2C1. The summed E-state index contributed by atoms with van der Waals surface area (Å²) in [6.07, 6.45) is 2.60. The number of Topliss-reactive ketones (excluding diaryl/α,β-unsaturated/α-hetero) is 1. The number of fused-ring (bicyclic) bond motifs is 1. The van der Waals surface area contributed by atoms with Crippen LogP contribution in [0.5, 0.6) is 5.06 Å². The van der Waals surface area contributed by atoms with Crippen molar-refractivity contribution in [1.82, 2.24) is 4.90 Å². The zero-order valence-electron chi connectivity index (χ0n) is 23.3. The van der Waals surface area contributed by atoms with Crippen LogP contribution in [0.3, 0.4) is 0 Å². The fourth-order valence-corrected chi connectivity index (χ4v) is 7.32.